The topological polar surface area (TPSA) is 68.3 Å². The van der Waals surface area contributed by atoms with E-state index in [1.807, 2.05) is 0 Å². The van der Waals surface area contributed by atoms with E-state index >= 15 is 0 Å². The second-order valence-electron chi connectivity index (χ2n) is 1.08. The molecule has 0 amide bonds. The van der Waals surface area contributed by atoms with Crippen molar-refractivity contribution >= 4 is 0 Å². The Labute approximate surface area is 98.1 Å². The van der Waals surface area contributed by atoms with Crippen LogP contribution >= 0.6 is 0 Å². The van der Waals surface area contributed by atoms with E-state index in [2.05, 4.69) is 47.4 Å². The Morgan fingerprint density at radius 3 is 0.688 bits per heavy atom. The molecule has 0 bridgehead atoms. The lowest BCUT2D eigenvalue weighted by molar-refractivity contribution is 2.47. The molecule has 82 valence electrons. The van der Waals surface area contributed by atoms with E-state index in [0.717, 1.165) is 0 Å². The standard InChI is InChI=1S/2C6H2.2O2.3H2/c2*1-3-5-6-4-2;2*1-2;;;/h2*1-2H;;;3*1H. The van der Waals surface area contributed by atoms with Crippen LogP contribution in [0.2, 0.25) is 0 Å². The molecule has 0 aliphatic carbocycles. The van der Waals surface area contributed by atoms with Crippen LogP contribution in [0.3, 0.4) is 0 Å². The van der Waals surface area contributed by atoms with E-state index in [0.29, 0.717) is 0 Å². The Kier molecular flexibility index (Phi) is 88.8. The van der Waals surface area contributed by atoms with Crippen LogP contribution in [-0.2, 0) is 0 Å². The number of terminal acetylenes is 4. The van der Waals surface area contributed by atoms with E-state index in [4.69, 9.17) is 45.6 Å². The lowest BCUT2D eigenvalue weighted by Gasteiger charge is -1.43. The largest absolute Gasteiger partial charge is 0.106 e. The first-order chi connectivity index (χ1) is 7.83. The summed E-state index contributed by atoms with van der Waals surface area (Å²) in [7, 11) is 0. The van der Waals surface area contributed by atoms with Crippen LogP contribution < -0.4 is 0 Å². The van der Waals surface area contributed by atoms with Gasteiger partial charge < -0.3 is 0 Å². The fraction of sp³-hybridized carbons (Fsp3) is 0. The summed E-state index contributed by atoms with van der Waals surface area (Å²) in [6, 6.07) is 0. The van der Waals surface area contributed by atoms with E-state index in [1.54, 1.807) is 0 Å². The minimum Gasteiger partial charge on any atom is -0.106 e. The molecule has 0 saturated carbocycles. The van der Waals surface area contributed by atoms with Crippen molar-refractivity contribution in [1.82, 2.24) is 0 Å². The molecule has 0 unspecified atom stereocenters. The maximum atomic E-state index is 7.00. The smallest absolute Gasteiger partial charge is 0 e. The van der Waals surface area contributed by atoms with Gasteiger partial charge in [0.1, 0.15) is 0 Å². The Bertz CT molecular complexity index is 359. The van der Waals surface area contributed by atoms with Gasteiger partial charge in [-0.15, -0.1) is 25.7 Å². The van der Waals surface area contributed by atoms with Crippen LogP contribution in [0.5, 0.6) is 0 Å². The molecular weight excluding hydrogens is 208 g/mol. The van der Waals surface area contributed by atoms with E-state index in [1.165, 1.54) is 0 Å². The highest BCUT2D eigenvalue weighted by Crippen LogP contribution is 1.43. The average molecular weight is 218 g/mol. The first-order valence-electron chi connectivity index (χ1n) is 2.99. The molecule has 0 aromatic heterocycles. The predicted molar refractivity (Wildman–Crippen MR) is 70.7 cm³/mol. The van der Waals surface area contributed by atoms with Gasteiger partial charge in [-0.2, -0.15) is 0 Å². The number of hydrogen-bond donors (Lipinski definition) is 0. The average Bonchev–Trinajstić information content (AvgIpc) is 2.39. The van der Waals surface area contributed by atoms with Crippen LogP contribution in [0.4, 0.5) is 0 Å². The van der Waals surface area contributed by atoms with Crippen molar-refractivity contribution in [1.29, 1.82) is 0 Å². The Morgan fingerprint density at radius 2 is 0.625 bits per heavy atom. The Balaban J connectivity index is -0.0000000213. The highest BCUT2D eigenvalue weighted by Gasteiger charge is 1.41. The van der Waals surface area contributed by atoms with Gasteiger partial charge in [-0.05, 0) is 47.4 Å². The molecule has 0 saturated heterocycles. The van der Waals surface area contributed by atoms with Crippen LogP contribution in [0.15, 0.2) is 0 Å². The second kappa shape index (κ2) is 62.0. The molecule has 0 atom stereocenters. The summed E-state index contributed by atoms with van der Waals surface area (Å²) in [5, 5.41) is 0. The zero-order chi connectivity index (χ0) is 13.7. The molecule has 0 N–H and O–H groups in total. The van der Waals surface area contributed by atoms with Gasteiger partial charge in [-0.25, -0.2) is 0 Å². The zero-order valence-electron chi connectivity index (χ0n) is 7.94. The number of rotatable bonds is 0. The highest BCUT2D eigenvalue weighted by molar-refractivity contribution is 5.32. The normalized spacial score (nSPS) is 2.75. The van der Waals surface area contributed by atoms with Crippen molar-refractivity contribution in [2.75, 3.05) is 0 Å². The lowest BCUT2D eigenvalue weighted by atomic mass is 10.6. The molecule has 0 rings (SSSR count). The van der Waals surface area contributed by atoms with E-state index in [-0.39, 0.29) is 4.28 Å². The molecule has 0 aliphatic heterocycles. The third-order valence-corrected chi connectivity index (χ3v) is 0.414. The van der Waals surface area contributed by atoms with Crippen molar-refractivity contribution in [2.24, 2.45) is 0 Å². The Hall–Kier alpha value is -3.44. The van der Waals surface area contributed by atoms with Gasteiger partial charge in [0.2, 0.25) is 0 Å². The number of hydrogen-bond acceptors (Lipinski definition) is 4. The van der Waals surface area contributed by atoms with Gasteiger partial charge in [0.05, 0.1) is 0 Å². The highest BCUT2D eigenvalue weighted by atomic mass is 16.7. The maximum absolute atomic E-state index is 7.00. The maximum Gasteiger partial charge on any atom is 0 e. The summed E-state index contributed by atoms with van der Waals surface area (Å²) in [5.41, 5.74) is 0. The first kappa shape index (κ1) is 22.9. The zero-order valence-corrected chi connectivity index (χ0v) is 7.94. The molecule has 0 aliphatic rings. The first-order valence-corrected chi connectivity index (χ1v) is 2.99. The summed E-state index contributed by atoms with van der Waals surface area (Å²) >= 11 is 0. The van der Waals surface area contributed by atoms with Crippen LogP contribution in [0.1, 0.15) is 4.28 Å². The fourth-order valence-corrected chi connectivity index (χ4v) is 0.144. The Morgan fingerprint density at radius 1 is 0.500 bits per heavy atom. The minimum atomic E-state index is 0. The summed E-state index contributed by atoms with van der Waals surface area (Å²) < 4.78 is 0. The van der Waals surface area contributed by atoms with Crippen LogP contribution in [0, 0.1) is 92.9 Å². The molecule has 0 aromatic carbocycles. The summed E-state index contributed by atoms with van der Waals surface area (Å²) in [4.78, 5) is 28.0. The molecule has 16 heavy (non-hydrogen) atoms. The molecule has 4 nitrogen and oxygen atoms in total. The summed E-state index contributed by atoms with van der Waals surface area (Å²) in [6.07, 6.45) is 18.8. The molecule has 0 fully saturated rings. The van der Waals surface area contributed by atoms with Crippen molar-refractivity contribution in [2.45, 2.75) is 0 Å². The fourth-order valence-electron chi connectivity index (χ4n) is 0.144. The molecular formula is C12H10O4. The predicted octanol–water partition coefficient (Wildman–Crippen LogP) is 1.38. The monoisotopic (exact) mass is 218 g/mol. The molecule has 0 heterocycles. The third-order valence-electron chi connectivity index (χ3n) is 0.414. The SMILES string of the molecule is C#CC#CC#C.C#CC#CC#C.O=O.O=O.[HH].[HH].[HH]. The van der Waals surface area contributed by atoms with Crippen molar-refractivity contribution in [3.8, 4) is 73.1 Å². The molecule has 0 aromatic rings. The molecule has 0 radical (unpaired) electrons. The van der Waals surface area contributed by atoms with Crippen molar-refractivity contribution in [3.05, 3.63) is 19.9 Å². The van der Waals surface area contributed by atoms with E-state index in [9.17, 15) is 0 Å². The van der Waals surface area contributed by atoms with Crippen molar-refractivity contribution in [3.63, 3.8) is 0 Å². The minimum absolute atomic E-state index is 0. The van der Waals surface area contributed by atoms with Crippen LogP contribution in [0.25, 0.3) is 0 Å². The quantitative estimate of drug-likeness (QED) is 0.576. The van der Waals surface area contributed by atoms with E-state index < -0.39 is 0 Å². The van der Waals surface area contributed by atoms with Gasteiger partial charge >= 0.3 is 0 Å². The van der Waals surface area contributed by atoms with Gasteiger partial charge in [0.15, 0.2) is 0 Å². The van der Waals surface area contributed by atoms with Gasteiger partial charge in [0, 0.05) is 24.1 Å². The van der Waals surface area contributed by atoms with Gasteiger partial charge in [0.25, 0.3) is 0 Å². The second-order valence-corrected chi connectivity index (χ2v) is 1.08. The van der Waals surface area contributed by atoms with Crippen molar-refractivity contribution < 1.29 is 4.28 Å². The molecule has 4 heteroatoms. The lowest BCUT2D eigenvalue weighted by Crippen LogP contribution is -1.42. The summed E-state index contributed by atoms with van der Waals surface area (Å²) in [6.45, 7) is 0. The van der Waals surface area contributed by atoms with Crippen LogP contribution in [-0.4, -0.2) is 0 Å². The summed E-state index contributed by atoms with van der Waals surface area (Å²) in [5.74, 6) is 17.2. The van der Waals surface area contributed by atoms with Gasteiger partial charge in [-0.3, -0.25) is 0 Å². The molecule has 0 spiro atoms. The van der Waals surface area contributed by atoms with Gasteiger partial charge in [-0.1, -0.05) is 0 Å². The third kappa shape index (κ3) is 147.